The highest BCUT2D eigenvalue weighted by molar-refractivity contribution is 6.18. The van der Waals surface area contributed by atoms with Crippen LogP contribution in [0, 0.1) is 6.92 Å². The van der Waals surface area contributed by atoms with Crippen molar-refractivity contribution in [2.45, 2.75) is 64.3 Å². The van der Waals surface area contributed by atoms with Gasteiger partial charge in [-0.25, -0.2) is 9.97 Å². The molecule has 106 valence electrons. The van der Waals surface area contributed by atoms with E-state index in [9.17, 15) is 0 Å². The number of alkyl halides is 1. The van der Waals surface area contributed by atoms with Gasteiger partial charge in [-0.3, -0.25) is 0 Å². The number of hydrogen-bond acceptors (Lipinski definition) is 3. The molecule has 3 nitrogen and oxygen atoms in total. The zero-order chi connectivity index (χ0) is 13.9. The van der Waals surface area contributed by atoms with E-state index in [1.807, 2.05) is 13.0 Å². The minimum absolute atomic E-state index is 0.0227. The molecule has 0 saturated heterocycles. The van der Waals surface area contributed by atoms with E-state index in [4.69, 9.17) is 11.6 Å². The van der Waals surface area contributed by atoms with E-state index in [0.717, 1.165) is 30.2 Å². The molecule has 0 bridgehead atoms. The molecule has 1 aromatic rings. The largest absolute Gasteiger partial charge is 0.363 e. The predicted molar refractivity (Wildman–Crippen MR) is 81.0 cm³/mol. The monoisotopic (exact) mass is 281 g/mol. The van der Waals surface area contributed by atoms with E-state index in [1.165, 1.54) is 19.3 Å². The van der Waals surface area contributed by atoms with E-state index in [0.29, 0.717) is 11.8 Å². The lowest BCUT2D eigenvalue weighted by Gasteiger charge is -2.37. The fraction of sp³-hybridized carbons (Fsp3) is 0.733. The first-order chi connectivity index (χ1) is 9.04. The summed E-state index contributed by atoms with van der Waals surface area (Å²) >= 11 is 6.22. The molecule has 4 heteroatoms. The van der Waals surface area contributed by atoms with Crippen LogP contribution in [-0.4, -0.2) is 21.4 Å². The zero-order valence-electron chi connectivity index (χ0n) is 12.2. The second-order valence-electron chi connectivity index (χ2n) is 6.01. The van der Waals surface area contributed by atoms with E-state index in [1.54, 1.807) is 0 Å². The Balaban J connectivity index is 2.21. The number of aromatic nitrogens is 2. The average molecular weight is 282 g/mol. The van der Waals surface area contributed by atoms with Crippen molar-refractivity contribution < 1.29 is 0 Å². The van der Waals surface area contributed by atoms with Crippen molar-refractivity contribution >= 4 is 17.4 Å². The number of nitrogens with zero attached hydrogens (tertiary/aromatic N) is 2. The van der Waals surface area contributed by atoms with Crippen LogP contribution in [0.1, 0.15) is 63.4 Å². The highest BCUT2D eigenvalue weighted by Crippen LogP contribution is 2.32. The molecule has 19 heavy (non-hydrogen) atoms. The molecule has 0 spiro atoms. The van der Waals surface area contributed by atoms with Crippen molar-refractivity contribution in [3.05, 3.63) is 17.6 Å². The lowest BCUT2D eigenvalue weighted by molar-refractivity contribution is 0.352. The molecule has 1 aliphatic carbocycles. The Morgan fingerprint density at radius 2 is 1.95 bits per heavy atom. The van der Waals surface area contributed by atoms with Gasteiger partial charge in [0.2, 0.25) is 0 Å². The first kappa shape index (κ1) is 14.6. The lowest BCUT2D eigenvalue weighted by atomic mass is 9.83. The van der Waals surface area contributed by atoms with E-state index >= 15 is 0 Å². The van der Waals surface area contributed by atoms with Crippen LogP contribution in [0.3, 0.4) is 0 Å². The second-order valence-corrected chi connectivity index (χ2v) is 6.27. The average Bonchev–Trinajstić information content (AvgIpc) is 2.39. The van der Waals surface area contributed by atoms with Crippen LogP contribution in [0.15, 0.2) is 6.07 Å². The summed E-state index contributed by atoms with van der Waals surface area (Å²) in [4.78, 5) is 9.13. The molecule has 0 aliphatic heterocycles. The SMILES string of the molecule is Cc1cc(NC2(CCl)CCCCC2)nc(C(C)C)n1. The number of rotatable bonds is 4. The van der Waals surface area contributed by atoms with Gasteiger partial charge < -0.3 is 5.32 Å². The summed E-state index contributed by atoms with van der Waals surface area (Å²) in [6.45, 7) is 6.26. The topological polar surface area (TPSA) is 37.8 Å². The van der Waals surface area contributed by atoms with Crippen molar-refractivity contribution in [3.8, 4) is 0 Å². The predicted octanol–water partition coefficient (Wildman–Crippen LogP) is 4.26. The molecule has 0 unspecified atom stereocenters. The van der Waals surface area contributed by atoms with E-state index in [2.05, 4.69) is 29.1 Å². The summed E-state index contributed by atoms with van der Waals surface area (Å²) in [5.41, 5.74) is 1.04. The summed E-state index contributed by atoms with van der Waals surface area (Å²) in [5.74, 6) is 2.83. The second kappa shape index (κ2) is 6.08. The standard InChI is InChI=1S/C15H24ClN3/c1-11(2)14-17-12(3)9-13(18-14)19-15(10-16)7-5-4-6-8-15/h9,11H,4-8,10H2,1-3H3,(H,17,18,19). The van der Waals surface area contributed by atoms with Gasteiger partial charge in [0.05, 0.1) is 5.54 Å². The van der Waals surface area contributed by atoms with Crippen molar-refractivity contribution in [2.75, 3.05) is 11.2 Å². The number of nitrogens with one attached hydrogen (secondary N) is 1. The molecular formula is C15H24ClN3. The molecule has 1 fully saturated rings. The number of hydrogen-bond donors (Lipinski definition) is 1. The van der Waals surface area contributed by atoms with Gasteiger partial charge >= 0.3 is 0 Å². The zero-order valence-corrected chi connectivity index (χ0v) is 12.9. The van der Waals surface area contributed by atoms with Gasteiger partial charge in [-0.15, -0.1) is 11.6 Å². The van der Waals surface area contributed by atoms with Crippen LogP contribution in [-0.2, 0) is 0 Å². The number of halogens is 1. The molecule has 0 atom stereocenters. The Morgan fingerprint density at radius 3 is 2.53 bits per heavy atom. The van der Waals surface area contributed by atoms with Crippen LogP contribution in [0.5, 0.6) is 0 Å². The van der Waals surface area contributed by atoms with Gasteiger partial charge in [0.25, 0.3) is 0 Å². The summed E-state index contributed by atoms with van der Waals surface area (Å²) in [7, 11) is 0. The number of anilines is 1. The Bertz CT molecular complexity index is 425. The summed E-state index contributed by atoms with van der Waals surface area (Å²) in [6.07, 6.45) is 6.09. The molecule has 0 aromatic carbocycles. The van der Waals surface area contributed by atoms with Crippen LogP contribution >= 0.6 is 11.6 Å². The van der Waals surface area contributed by atoms with Crippen molar-refractivity contribution in [3.63, 3.8) is 0 Å². The van der Waals surface area contributed by atoms with E-state index in [-0.39, 0.29) is 5.54 Å². The Hall–Kier alpha value is -0.830. The third-order valence-electron chi connectivity index (χ3n) is 3.85. The molecule has 0 radical (unpaired) electrons. The van der Waals surface area contributed by atoms with Crippen LogP contribution in [0.25, 0.3) is 0 Å². The van der Waals surface area contributed by atoms with Crippen molar-refractivity contribution in [1.29, 1.82) is 0 Å². The highest BCUT2D eigenvalue weighted by atomic mass is 35.5. The lowest BCUT2D eigenvalue weighted by Crippen LogP contribution is -2.42. The first-order valence-electron chi connectivity index (χ1n) is 7.24. The Labute approximate surface area is 121 Å². The van der Waals surface area contributed by atoms with Gasteiger partial charge in [0.15, 0.2) is 0 Å². The van der Waals surface area contributed by atoms with Gasteiger partial charge in [-0.2, -0.15) is 0 Å². The number of aryl methyl sites for hydroxylation is 1. The highest BCUT2D eigenvalue weighted by Gasteiger charge is 2.31. The molecular weight excluding hydrogens is 258 g/mol. The van der Waals surface area contributed by atoms with Crippen molar-refractivity contribution in [2.24, 2.45) is 0 Å². The van der Waals surface area contributed by atoms with Gasteiger partial charge in [-0.05, 0) is 19.8 Å². The van der Waals surface area contributed by atoms with Gasteiger partial charge in [-0.1, -0.05) is 33.1 Å². The fourth-order valence-electron chi connectivity index (χ4n) is 2.71. The molecule has 2 rings (SSSR count). The maximum absolute atomic E-state index is 6.22. The van der Waals surface area contributed by atoms with Crippen molar-refractivity contribution in [1.82, 2.24) is 9.97 Å². The normalized spacial score (nSPS) is 18.6. The third kappa shape index (κ3) is 3.59. The minimum atomic E-state index is 0.0227. The van der Waals surface area contributed by atoms with Crippen LogP contribution in [0.4, 0.5) is 5.82 Å². The quantitative estimate of drug-likeness (QED) is 0.838. The minimum Gasteiger partial charge on any atom is -0.363 e. The molecule has 1 saturated carbocycles. The smallest absolute Gasteiger partial charge is 0.133 e. The van der Waals surface area contributed by atoms with E-state index < -0.39 is 0 Å². The Kier molecular flexibility index (Phi) is 4.67. The Morgan fingerprint density at radius 1 is 1.26 bits per heavy atom. The third-order valence-corrected chi connectivity index (χ3v) is 4.36. The maximum Gasteiger partial charge on any atom is 0.133 e. The van der Waals surface area contributed by atoms with Crippen LogP contribution in [0.2, 0.25) is 0 Å². The van der Waals surface area contributed by atoms with Gasteiger partial charge in [0.1, 0.15) is 11.6 Å². The molecule has 1 N–H and O–H groups in total. The first-order valence-corrected chi connectivity index (χ1v) is 7.78. The van der Waals surface area contributed by atoms with Crippen LogP contribution < -0.4 is 5.32 Å². The molecule has 1 heterocycles. The summed E-state index contributed by atoms with van der Waals surface area (Å²) in [6, 6.07) is 2.02. The molecule has 1 aromatic heterocycles. The molecule has 0 amide bonds. The van der Waals surface area contributed by atoms with Gasteiger partial charge in [0, 0.05) is 23.6 Å². The summed E-state index contributed by atoms with van der Waals surface area (Å²) < 4.78 is 0. The molecule has 1 aliphatic rings. The maximum atomic E-state index is 6.22. The summed E-state index contributed by atoms with van der Waals surface area (Å²) in [5, 5.41) is 3.60. The fourth-order valence-corrected chi connectivity index (χ4v) is 3.04.